The van der Waals surface area contributed by atoms with Gasteiger partial charge in [0.15, 0.2) is 6.29 Å². The maximum Gasteiger partial charge on any atom is 0.159 e. The molecule has 0 saturated heterocycles. The van der Waals surface area contributed by atoms with Crippen molar-refractivity contribution in [2.45, 2.75) is 56.7 Å². The predicted molar refractivity (Wildman–Crippen MR) is 143 cm³/mol. The predicted octanol–water partition coefficient (Wildman–Crippen LogP) is 7.06. The fourth-order valence-electron chi connectivity index (χ4n) is 6.29. The lowest BCUT2D eigenvalue weighted by atomic mass is 9.75. The normalized spacial score (nSPS) is 23.8. The number of phenolic OH excluding ortho intramolecular Hbond substituents is 1. The van der Waals surface area contributed by atoms with E-state index in [1.807, 2.05) is 6.07 Å². The monoisotopic (exact) mass is 486 g/mol. The lowest BCUT2D eigenvalue weighted by Crippen LogP contribution is -2.29. The summed E-state index contributed by atoms with van der Waals surface area (Å²) in [5, 5.41) is 10.0. The molecule has 0 unspecified atom stereocenters. The molecule has 1 N–H and O–H groups in total. The van der Waals surface area contributed by atoms with E-state index in [1.54, 1.807) is 26.4 Å². The summed E-state index contributed by atoms with van der Waals surface area (Å²) < 4.78 is 17.1. The fraction of sp³-hybridized carbons (Fsp3) is 0.438. The topological polar surface area (TPSA) is 47.9 Å². The zero-order chi connectivity index (χ0) is 24.9. The Kier molecular flexibility index (Phi) is 7.93. The zero-order valence-electron chi connectivity index (χ0n) is 21.4. The highest BCUT2D eigenvalue weighted by Crippen LogP contribution is 2.47. The molecule has 3 aromatic rings. The molecule has 0 amide bonds. The Morgan fingerprint density at radius 3 is 2.28 bits per heavy atom. The van der Waals surface area contributed by atoms with E-state index in [4.69, 9.17) is 14.2 Å². The van der Waals surface area contributed by atoms with E-state index in [-0.39, 0.29) is 23.9 Å². The summed E-state index contributed by atoms with van der Waals surface area (Å²) in [6.45, 7) is 0.600. The van der Waals surface area contributed by atoms with Crippen molar-refractivity contribution >= 4 is 0 Å². The summed E-state index contributed by atoms with van der Waals surface area (Å²) in [6, 6.07) is 25.4. The summed E-state index contributed by atoms with van der Waals surface area (Å²) in [5.41, 5.74) is 5.13. The summed E-state index contributed by atoms with van der Waals surface area (Å²) >= 11 is 0. The Bertz CT molecular complexity index is 1100. The molecule has 5 rings (SSSR count). The standard InChI is InChI=1S/C32H38O4/c1-34-32(35-2)26-16-12-23(13-17-26)9-8-22-10-14-25(15-11-22)31-28-19-18-27(33)20-30(28)36-21-29(31)24-6-4-3-5-7-24/h3-7,10-11,14-15,18-20,23,26,29,31-33H,8-9,12-13,16-17,21H2,1-2H3/t23?,26?,29-,31-/m1/s1. The molecule has 2 aliphatic rings. The van der Waals surface area contributed by atoms with Crippen LogP contribution in [0.25, 0.3) is 0 Å². The molecule has 0 spiro atoms. The second-order valence-electron chi connectivity index (χ2n) is 10.4. The molecule has 1 saturated carbocycles. The van der Waals surface area contributed by atoms with Gasteiger partial charge >= 0.3 is 0 Å². The van der Waals surface area contributed by atoms with E-state index in [1.165, 1.54) is 48.8 Å². The summed E-state index contributed by atoms with van der Waals surface area (Å²) in [6.07, 6.45) is 7.20. The van der Waals surface area contributed by atoms with Crippen molar-refractivity contribution in [3.63, 3.8) is 0 Å². The molecule has 190 valence electrons. The molecular formula is C32H38O4. The number of aryl methyl sites for hydroxylation is 1. The molecule has 36 heavy (non-hydrogen) atoms. The van der Waals surface area contributed by atoms with E-state index in [2.05, 4.69) is 54.6 Å². The summed E-state index contributed by atoms with van der Waals surface area (Å²) in [7, 11) is 3.49. The van der Waals surface area contributed by atoms with Gasteiger partial charge in [-0.1, -0.05) is 60.7 Å². The van der Waals surface area contributed by atoms with Gasteiger partial charge in [0.1, 0.15) is 11.5 Å². The molecule has 2 atom stereocenters. The molecule has 1 heterocycles. The van der Waals surface area contributed by atoms with Crippen LogP contribution in [0, 0.1) is 11.8 Å². The van der Waals surface area contributed by atoms with Crippen molar-refractivity contribution in [1.29, 1.82) is 0 Å². The molecule has 4 heteroatoms. The van der Waals surface area contributed by atoms with Gasteiger partial charge in [-0.2, -0.15) is 0 Å². The van der Waals surface area contributed by atoms with Gasteiger partial charge in [0, 0.05) is 43.6 Å². The number of hydrogen-bond acceptors (Lipinski definition) is 4. The van der Waals surface area contributed by atoms with E-state index in [0.717, 1.165) is 23.7 Å². The van der Waals surface area contributed by atoms with Crippen molar-refractivity contribution in [3.8, 4) is 11.5 Å². The van der Waals surface area contributed by atoms with Crippen LogP contribution in [0.15, 0.2) is 72.8 Å². The van der Waals surface area contributed by atoms with Gasteiger partial charge in [-0.25, -0.2) is 0 Å². The van der Waals surface area contributed by atoms with Gasteiger partial charge in [-0.05, 0) is 67.2 Å². The second-order valence-corrected chi connectivity index (χ2v) is 10.4. The lowest BCUT2D eigenvalue weighted by molar-refractivity contribution is -0.145. The number of rotatable bonds is 8. The number of hydrogen-bond donors (Lipinski definition) is 1. The smallest absolute Gasteiger partial charge is 0.159 e. The van der Waals surface area contributed by atoms with Gasteiger partial charge in [0.2, 0.25) is 0 Å². The zero-order valence-corrected chi connectivity index (χ0v) is 21.4. The largest absolute Gasteiger partial charge is 0.508 e. The number of benzene rings is 3. The highest BCUT2D eigenvalue weighted by molar-refractivity contribution is 5.50. The Hall–Kier alpha value is -2.82. The van der Waals surface area contributed by atoms with Gasteiger partial charge < -0.3 is 19.3 Å². The van der Waals surface area contributed by atoms with Crippen LogP contribution in [-0.2, 0) is 15.9 Å². The van der Waals surface area contributed by atoms with Crippen molar-refractivity contribution in [2.24, 2.45) is 11.8 Å². The third-order valence-electron chi connectivity index (χ3n) is 8.30. The highest BCUT2D eigenvalue weighted by atomic mass is 16.7. The van der Waals surface area contributed by atoms with Crippen LogP contribution in [0.5, 0.6) is 11.5 Å². The molecule has 0 aromatic heterocycles. The average Bonchev–Trinajstić information content (AvgIpc) is 2.93. The fourth-order valence-corrected chi connectivity index (χ4v) is 6.29. The Morgan fingerprint density at radius 1 is 0.861 bits per heavy atom. The minimum Gasteiger partial charge on any atom is -0.508 e. The second kappa shape index (κ2) is 11.5. The van der Waals surface area contributed by atoms with Crippen molar-refractivity contribution in [3.05, 3.63) is 95.1 Å². The number of ether oxygens (including phenoxy) is 3. The van der Waals surface area contributed by atoms with Gasteiger partial charge in [-0.15, -0.1) is 0 Å². The maximum absolute atomic E-state index is 10.0. The van der Waals surface area contributed by atoms with Crippen LogP contribution in [0.1, 0.15) is 66.2 Å². The van der Waals surface area contributed by atoms with E-state index in [9.17, 15) is 5.11 Å². The van der Waals surface area contributed by atoms with Crippen LogP contribution in [-0.4, -0.2) is 32.2 Å². The third-order valence-corrected chi connectivity index (χ3v) is 8.30. The van der Waals surface area contributed by atoms with Crippen molar-refractivity contribution in [1.82, 2.24) is 0 Å². The average molecular weight is 487 g/mol. The Morgan fingerprint density at radius 2 is 1.58 bits per heavy atom. The van der Waals surface area contributed by atoms with Crippen LogP contribution in [0.4, 0.5) is 0 Å². The molecule has 4 nitrogen and oxygen atoms in total. The van der Waals surface area contributed by atoms with Crippen molar-refractivity contribution < 1.29 is 19.3 Å². The number of methoxy groups -OCH3 is 2. The number of phenols is 1. The van der Waals surface area contributed by atoms with E-state index < -0.39 is 0 Å². The van der Waals surface area contributed by atoms with E-state index >= 15 is 0 Å². The van der Waals surface area contributed by atoms with Crippen LogP contribution in [0.2, 0.25) is 0 Å². The van der Waals surface area contributed by atoms with E-state index in [0.29, 0.717) is 12.5 Å². The SMILES string of the molecule is COC(OC)C1CCC(CCc2ccc([C@@H]3c4ccc(O)cc4OC[C@@H]3c3ccccc3)cc2)CC1. The summed E-state index contributed by atoms with van der Waals surface area (Å²) in [4.78, 5) is 0. The lowest BCUT2D eigenvalue weighted by Gasteiger charge is -2.34. The minimum atomic E-state index is -0.0579. The third kappa shape index (κ3) is 5.45. The van der Waals surface area contributed by atoms with Crippen LogP contribution in [0.3, 0.4) is 0 Å². The Balaban J connectivity index is 1.28. The molecule has 0 bridgehead atoms. The first kappa shape index (κ1) is 24.9. The quantitative estimate of drug-likeness (QED) is 0.346. The summed E-state index contributed by atoms with van der Waals surface area (Å²) in [5.74, 6) is 2.76. The molecule has 1 aliphatic carbocycles. The van der Waals surface area contributed by atoms with Gasteiger partial charge in [-0.3, -0.25) is 0 Å². The molecule has 1 aliphatic heterocycles. The van der Waals surface area contributed by atoms with Crippen LogP contribution >= 0.6 is 0 Å². The molecule has 1 fully saturated rings. The first-order valence-corrected chi connectivity index (χ1v) is 13.3. The highest BCUT2D eigenvalue weighted by Gasteiger charge is 2.33. The maximum atomic E-state index is 10.0. The number of aromatic hydroxyl groups is 1. The molecule has 0 radical (unpaired) electrons. The van der Waals surface area contributed by atoms with Gasteiger partial charge in [0.05, 0.1) is 6.61 Å². The number of fused-ring (bicyclic) bond motifs is 1. The minimum absolute atomic E-state index is 0.0579. The first-order chi connectivity index (χ1) is 17.7. The van der Waals surface area contributed by atoms with Crippen LogP contribution < -0.4 is 4.74 Å². The van der Waals surface area contributed by atoms with Gasteiger partial charge in [0.25, 0.3) is 0 Å². The van der Waals surface area contributed by atoms with Crippen molar-refractivity contribution in [2.75, 3.05) is 20.8 Å². The molecule has 3 aromatic carbocycles. The molecular weight excluding hydrogens is 448 g/mol. The Labute approximate surface area is 215 Å². The first-order valence-electron chi connectivity index (χ1n) is 13.3.